The van der Waals surface area contributed by atoms with Gasteiger partial charge in [0.2, 0.25) is 0 Å². The maximum absolute atomic E-state index is 11.0. The predicted molar refractivity (Wildman–Crippen MR) is 85.9 cm³/mol. The van der Waals surface area contributed by atoms with Crippen molar-refractivity contribution in [3.05, 3.63) is 62.1 Å². The fourth-order valence-corrected chi connectivity index (χ4v) is 2.35. The number of aryl methyl sites for hydroxylation is 1. The second-order valence-corrected chi connectivity index (χ2v) is 5.45. The van der Waals surface area contributed by atoms with Crippen molar-refractivity contribution in [2.24, 2.45) is 0 Å². The van der Waals surface area contributed by atoms with Crippen molar-refractivity contribution in [3.63, 3.8) is 0 Å². The molecule has 0 saturated heterocycles. The largest absolute Gasteiger partial charge is 0.490 e. The monoisotopic (exact) mass is 350 g/mol. The van der Waals surface area contributed by atoms with Crippen LogP contribution in [0.5, 0.6) is 5.75 Å². The van der Waals surface area contributed by atoms with Crippen molar-refractivity contribution in [2.45, 2.75) is 13.5 Å². The van der Waals surface area contributed by atoms with E-state index in [1.807, 2.05) is 31.2 Å². The molecule has 0 aliphatic rings. The van der Waals surface area contributed by atoms with E-state index >= 15 is 0 Å². The van der Waals surface area contributed by atoms with Crippen LogP contribution in [0, 0.1) is 17.0 Å². The second-order valence-electron chi connectivity index (χ2n) is 4.60. The molecule has 0 aliphatic carbocycles. The number of nitrogens with one attached hydrogen (secondary N) is 1. The molecular weight excluding hydrogens is 336 g/mol. The third-order valence-corrected chi connectivity index (χ3v) is 3.74. The minimum atomic E-state index is -0.440. The van der Waals surface area contributed by atoms with Crippen LogP contribution in [0.2, 0.25) is 0 Å². The Kier molecular flexibility index (Phi) is 4.80. The molecule has 0 heterocycles. The summed E-state index contributed by atoms with van der Waals surface area (Å²) in [6, 6.07) is 10.9. The Morgan fingerprint density at radius 1 is 1.29 bits per heavy atom. The van der Waals surface area contributed by atoms with Crippen LogP contribution < -0.4 is 10.1 Å². The number of hydrogen-bond acceptors (Lipinski definition) is 4. The Morgan fingerprint density at radius 3 is 2.71 bits per heavy atom. The lowest BCUT2D eigenvalue weighted by atomic mass is 10.1. The third kappa shape index (κ3) is 3.72. The standard InChI is InChI=1S/C15H15BrN2O3/c1-10-3-5-12(16)13(7-10)17-9-11-4-6-15(21-2)14(8-11)18(19)20/h3-8,17H,9H2,1-2H3. The molecule has 0 saturated carbocycles. The molecule has 2 rings (SSSR count). The zero-order chi connectivity index (χ0) is 15.4. The van der Waals surface area contributed by atoms with Gasteiger partial charge in [-0.2, -0.15) is 0 Å². The molecule has 0 atom stereocenters. The summed E-state index contributed by atoms with van der Waals surface area (Å²) >= 11 is 3.47. The number of halogens is 1. The Labute approximate surface area is 131 Å². The number of hydrogen-bond donors (Lipinski definition) is 1. The summed E-state index contributed by atoms with van der Waals surface area (Å²) in [5.74, 6) is 0.264. The van der Waals surface area contributed by atoms with Gasteiger partial charge in [0.05, 0.1) is 12.0 Å². The second kappa shape index (κ2) is 6.58. The van der Waals surface area contributed by atoms with Gasteiger partial charge in [0.15, 0.2) is 5.75 Å². The van der Waals surface area contributed by atoms with Gasteiger partial charge in [-0.25, -0.2) is 0 Å². The van der Waals surface area contributed by atoms with Crippen LogP contribution in [0.4, 0.5) is 11.4 Å². The van der Waals surface area contributed by atoms with Gasteiger partial charge in [-0.15, -0.1) is 0 Å². The van der Waals surface area contributed by atoms with Gasteiger partial charge in [-0.05, 0) is 52.2 Å². The van der Waals surface area contributed by atoms with E-state index in [1.165, 1.54) is 13.2 Å². The maximum Gasteiger partial charge on any atom is 0.311 e. The van der Waals surface area contributed by atoms with Crippen molar-refractivity contribution >= 4 is 27.3 Å². The normalized spacial score (nSPS) is 10.2. The molecule has 0 fully saturated rings. The van der Waals surface area contributed by atoms with Crippen LogP contribution in [0.3, 0.4) is 0 Å². The lowest BCUT2D eigenvalue weighted by Crippen LogP contribution is -2.02. The maximum atomic E-state index is 11.0. The molecule has 0 amide bonds. The van der Waals surface area contributed by atoms with Gasteiger partial charge >= 0.3 is 5.69 Å². The molecule has 5 nitrogen and oxygen atoms in total. The van der Waals surface area contributed by atoms with Crippen LogP contribution in [0.15, 0.2) is 40.9 Å². The van der Waals surface area contributed by atoms with E-state index in [9.17, 15) is 10.1 Å². The van der Waals surface area contributed by atoms with Gasteiger partial charge in [0.25, 0.3) is 0 Å². The SMILES string of the molecule is COc1ccc(CNc2cc(C)ccc2Br)cc1[N+](=O)[O-]. The molecule has 0 spiro atoms. The molecule has 6 heteroatoms. The summed E-state index contributed by atoms with van der Waals surface area (Å²) < 4.78 is 5.94. The summed E-state index contributed by atoms with van der Waals surface area (Å²) in [7, 11) is 1.42. The molecule has 110 valence electrons. The number of ether oxygens (including phenoxy) is 1. The minimum absolute atomic E-state index is 0.0277. The van der Waals surface area contributed by atoms with E-state index in [0.29, 0.717) is 6.54 Å². The Bertz CT molecular complexity index is 674. The first-order chi connectivity index (χ1) is 10.0. The van der Waals surface area contributed by atoms with E-state index in [4.69, 9.17) is 4.74 Å². The van der Waals surface area contributed by atoms with Gasteiger partial charge in [-0.3, -0.25) is 10.1 Å². The first-order valence-corrected chi connectivity index (χ1v) is 7.12. The molecule has 0 radical (unpaired) electrons. The zero-order valence-corrected chi connectivity index (χ0v) is 13.3. The highest BCUT2D eigenvalue weighted by Gasteiger charge is 2.15. The average Bonchev–Trinajstić information content (AvgIpc) is 2.47. The summed E-state index contributed by atoms with van der Waals surface area (Å²) in [5, 5.41) is 14.3. The molecule has 1 N–H and O–H groups in total. The summed E-state index contributed by atoms with van der Waals surface area (Å²) in [6.45, 7) is 2.50. The van der Waals surface area contributed by atoms with Crippen LogP contribution in [-0.4, -0.2) is 12.0 Å². The van der Waals surface area contributed by atoms with E-state index < -0.39 is 4.92 Å². The molecule has 0 aromatic heterocycles. The summed E-state index contributed by atoms with van der Waals surface area (Å²) in [6.07, 6.45) is 0. The number of nitrogens with zero attached hydrogens (tertiary/aromatic N) is 1. The molecule has 0 bridgehead atoms. The predicted octanol–water partition coefficient (Wildman–Crippen LogP) is 4.29. The highest BCUT2D eigenvalue weighted by molar-refractivity contribution is 9.10. The third-order valence-electron chi connectivity index (χ3n) is 3.04. The fourth-order valence-electron chi connectivity index (χ4n) is 1.96. The molecular formula is C15H15BrN2O3. The molecule has 2 aromatic rings. The van der Waals surface area contributed by atoms with Gasteiger partial charge < -0.3 is 10.1 Å². The Hall–Kier alpha value is -2.08. The Balaban J connectivity index is 2.18. The number of benzene rings is 2. The zero-order valence-electron chi connectivity index (χ0n) is 11.7. The van der Waals surface area contributed by atoms with Crippen molar-refractivity contribution < 1.29 is 9.66 Å². The van der Waals surface area contributed by atoms with Gasteiger partial charge in [0, 0.05) is 22.8 Å². The molecule has 2 aromatic carbocycles. The number of nitro groups is 1. The van der Waals surface area contributed by atoms with Gasteiger partial charge in [0.1, 0.15) is 0 Å². The molecule has 0 aliphatic heterocycles. The first-order valence-electron chi connectivity index (χ1n) is 6.32. The quantitative estimate of drug-likeness (QED) is 0.645. The average molecular weight is 351 g/mol. The lowest BCUT2D eigenvalue weighted by Gasteiger charge is -2.10. The topological polar surface area (TPSA) is 64.4 Å². The van der Waals surface area contributed by atoms with Crippen molar-refractivity contribution in [2.75, 3.05) is 12.4 Å². The van der Waals surface area contributed by atoms with Crippen molar-refractivity contribution in [3.8, 4) is 5.75 Å². The van der Waals surface area contributed by atoms with Gasteiger partial charge in [-0.1, -0.05) is 12.1 Å². The number of nitro benzene ring substituents is 1. The fraction of sp³-hybridized carbons (Fsp3) is 0.200. The number of anilines is 1. The lowest BCUT2D eigenvalue weighted by molar-refractivity contribution is -0.385. The molecule has 21 heavy (non-hydrogen) atoms. The van der Waals surface area contributed by atoms with E-state index in [-0.39, 0.29) is 11.4 Å². The van der Waals surface area contributed by atoms with Crippen molar-refractivity contribution in [1.82, 2.24) is 0 Å². The summed E-state index contributed by atoms with van der Waals surface area (Å²) in [4.78, 5) is 10.6. The first kappa shape index (κ1) is 15.3. The smallest absolute Gasteiger partial charge is 0.311 e. The highest BCUT2D eigenvalue weighted by atomic mass is 79.9. The van der Waals surface area contributed by atoms with Crippen molar-refractivity contribution in [1.29, 1.82) is 0 Å². The van der Waals surface area contributed by atoms with Crippen LogP contribution >= 0.6 is 15.9 Å². The number of methoxy groups -OCH3 is 1. The van der Waals surface area contributed by atoms with Crippen LogP contribution in [0.25, 0.3) is 0 Å². The number of rotatable bonds is 5. The highest BCUT2D eigenvalue weighted by Crippen LogP contribution is 2.28. The van der Waals surface area contributed by atoms with E-state index in [2.05, 4.69) is 21.2 Å². The molecule has 0 unspecified atom stereocenters. The van der Waals surface area contributed by atoms with E-state index in [1.54, 1.807) is 6.07 Å². The van der Waals surface area contributed by atoms with Crippen LogP contribution in [0.1, 0.15) is 11.1 Å². The van der Waals surface area contributed by atoms with Crippen LogP contribution in [-0.2, 0) is 6.54 Å². The minimum Gasteiger partial charge on any atom is -0.490 e. The van der Waals surface area contributed by atoms with E-state index in [0.717, 1.165) is 21.3 Å². The Morgan fingerprint density at radius 2 is 2.05 bits per heavy atom. The summed E-state index contributed by atoms with van der Waals surface area (Å²) in [5.41, 5.74) is 2.88.